The monoisotopic (exact) mass is 307 g/mol. The number of imide groups is 1. The minimum absolute atomic E-state index is 0.0148. The number of cyclic esters (lactones) is 1. The molecule has 1 N–H and O–H groups in total. The molecular weight excluding hydrogens is 293 g/mol. The smallest absolute Gasteiger partial charge is 0.417 e. The predicted molar refractivity (Wildman–Crippen MR) is 73.5 cm³/mol. The van der Waals surface area contributed by atoms with Gasteiger partial charge in [0, 0.05) is 25.6 Å². The van der Waals surface area contributed by atoms with Crippen LogP contribution in [0.5, 0.6) is 0 Å². The Bertz CT molecular complexity index is 614. The van der Waals surface area contributed by atoms with Crippen LogP contribution < -0.4 is 5.32 Å². The van der Waals surface area contributed by atoms with Gasteiger partial charge in [0.05, 0.1) is 5.69 Å². The van der Waals surface area contributed by atoms with Crippen molar-refractivity contribution in [3.63, 3.8) is 0 Å². The average Bonchev–Trinajstić information content (AvgIpc) is 2.75. The molecule has 2 saturated heterocycles. The lowest BCUT2D eigenvalue weighted by molar-refractivity contribution is -0.126. The van der Waals surface area contributed by atoms with Gasteiger partial charge in [0.15, 0.2) is 6.61 Å². The second-order valence-corrected chi connectivity index (χ2v) is 5.24. The molecule has 2 fully saturated rings. The lowest BCUT2D eigenvalue weighted by Crippen LogP contribution is -2.55. The third kappa shape index (κ3) is 2.72. The number of anilines is 1. The highest BCUT2D eigenvalue weighted by Gasteiger charge is 2.38. The summed E-state index contributed by atoms with van der Waals surface area (Å²) in [5, 5.41) is 2.48. The van der Waals surface area contributed by atoms with E-state index in [0.29, 0.717) is 13.1 Å². The fourth-order valence-electron chi connectivity index (χ4n) is 2.42. The number of benzene rings is 1. The normalized spacial score (nSPS) is 18.2. The molecule has 1 aromatic rings. The van der Waals surface area contributed by atoms with Crippen LogP contribution in [-0.2, 0) is 9.53 Å². The van der Waals surface area contributed by atoms with Gasteiger partial charge in [-0.2, -0.15) is 0 Å². The van der Waals surface area contributed by atoms with Crippen molar-refractivity contribution >= 4 is 23.7 Å². The van der Waals surface area contributed by atoms with Gasteiger partial charge in [-0.1, -0.05) is 12.1 Å². The predicted octanol–water partition coefficient (Wildman–Crippen LogP) is 1.27. The topological polar surface area (TPSA) is 79.0 Å². The molecule has 3 rings (SSSR count). The summed E-state index contributed by atoms with van der Waals surface area (Å²) >= 11 is 0. The molecule has 0 unspecified atom stereocenters. The van der Waals surface area contributed by atoms with Gasteiger partial charge in [-0.25, -0.2) is 18.9 Å². The maximum absolute atomic E-state index is 13.4. The Hall–Kier alpha value is -2.64. The molecule has 0 atom stereocenters. The van der Waals surface area contributed by atoms with Crippen LogP contribution in [0.2, 0.25) is 0 Å². The highest BCUT2D eigenvalue weighted by Crippen LogP contribution is 2.21. The lowest BCUT2D eigenvalue weighted by atomic mass is 10.0. The SMILES string of the molecule is O=C(Nc1ccccc1F)N1CC(CN2C(=O)COC2=O)C1. The molecule has 2 aliphatic heterocycles. The molecule has 0 aromatic heterocycles. The van der Waals surface area contributed by atoms with Crippen LogP contribution in [0.3, 0.4) is 0 Å². The standard InChI is InChI=1S/C14H14FN3O4/c15-10-3-1-2-4-11(10)16-13(20)17-5-9(6-17)7-18-12(19)8-22-14(18)21/h1-4,9H,5-8H2,(H,16,20). The van der Waals surface area contributed by atoms with Crippen molar-refractivity contribution in [1.82, 2.24) is 9.80 Å². The van der Waals surface area contributed by atoms with E-state index in [1.54, 1.807) is 6.07 Å². The molecule has 8 heteroatoms. The van der Waals surface area contributed by atoms with E-state index in [2.05, 4.69) is 10.1 Å². The molecule has 2 heterocycles. The number of rotatable bonds is 3. The van der Waals surface area contributed by atoms with Gasteiger partial charge >= 0.3 is 12.1 Å². The van der Waals surface area contributed by atoms with Crippen LogP contribution in [0.4, 0.5) is 19.7 Å². The number of carbonyl (C=O) groups is 3. The molecule has 0 aliphatic carbocycles. The number of nitrogens with zero attached hydrogens (tertiary/aromatic N) is 2. The van der Waals surface area contributed by atoms with E-state index >= 15 is 0 Å². The summed E-state index contributed by atoms with van der Waals surface area (Å²) in [5.74, 6) is -0.849. The van der Waals surface area contributed by atoms with Crippen LogP contribution >= 0.6 is 0 Å². The van der Waals surface area contributed by atoms with Gasteiger partial charge in [0.25, 0.3) is 5.91 Å². The summed E-state index contributed by atoms with van der Waals surface area (Å²) in [7, 11) is 0. The Kier molecular flexibility index (Phi) is 3.66. The minimum Gasteiger partial charge on any atom is -0.439 e. The van der Waals surface area contributed by atoms with Crippen molar-refractivity contribution < 1.29 is 23.5 Å². The fraction of sp³-hybridized carbons (Fsp3) is 0.357. The number of carbonyl (C=O) groups excluding carboxylic acids is 3. The number of hydrogen-bond donors (Lipinski definition) is 1. The molecule has 0 saturated carbocycles. The van der Waals surface area contributed by atoms with Gasteiger partial charge in [0.1, 0.15) is 5.82 Å². The van der Waals surface area contributed by atoms with E-state index in [1.165, 1.54) is 23.1 Å². The number of urea groups is 1. The maximum Gasteiger partial charge on any atom is 0.417 e. The van der Waals surface area contributed by atoms with Gasteiger partial charge in [0.2, 0.25) is 0 Å². The van der Waals surface area contributed by atoms with E-state index in [0.717, 1.165) is 4.90 Å². The van der Waals surface area contributed by atoms with E-state index in [4.69, 9.17) is 0 Å². The van der Waals surface area contributed by atoms with Gasteiger partial charge in [-0.05, 0) is 12.1 Å². The minimum atomic E-state index is -0.640. The molecule has 0 radical (unpaired) electrons. The number of para-hydroxylation sites is 1. The number of likely N-dealkylation sites (tertiary alicyclic amines) is 1. The van der Waals surface area contributed by atoms with E-state index < -0.39 is 17.9 Å². The zero-order valence-electron chi connectivity index (χ0n) is 11.6. The van der Waals surface area contributed by atoms with Crippen LogP contribution in [0.25, 0.3) is 0 Å². The molecule has 1 aromatic carbocycles. The fourth-order valence-corrected chi connectivity index (χ4v) is 2.42. The van der Waals surface area contributed by atoms with E-state index in [1.807, 2.05) is 0 Å². The zero-order chi connectivity index (χ0) is 15.7. The van der Waals surface area contributed by atoms with E-state index in [-0.39, 0.29) is 30.7 Å². The van der Waals surface area contributed by atoms with Crippen molar-refractivity contribution in [1.29, 1.82) is 0 Å². The summed E-state index contributed by atoms with van der Waals surface area (Å²) in [4.78, 5) is 37.2. The van der Waals surface area contributed by atoms with Crippen LogP contribution in [0, 0.1) is 11.7 Å². The van der Waals surface area contributed by atoms with Crippen molar-refractivity contribution in [2.45, 2.75) is 0 Å². The van der Waals surface area contributed by atoms with Crippen molar-refractivity contribution in [2.24, 2.45) is 5.92 Å². The molecule has 7 nitrogen and oxygen atoms in total. The first kappa shape index (κ1) is 14.3. The summed E-state index contributed by atoms with van der Waals surface area (Å²) in [6.45, 7) is 0.818. The van der Waals surface area contributed by atoms with Gasteiger partial charge < -0.3 is 15.0 Å². The number of hydrogen-bond acceptors (Lipinski definition) is 4. The Morgan fingerprint density at radius 3 is 2.68 bits per heavy atom. The van der Waals surface area contributed by atoms with Gasteiger partial charge in [-0.3, -0.25) is 4.79 Å². The molecule has 4 amide bonds. The highest BCUT2D eigenvalue weighted by molar-refractivity contribution is 5.97. The first-order valence-electron chi connectivity index (χ1n) is 6.82. The third-order valence-electron chi connectivity index (χ3n) is 3.64. The molecule has 116 valence electrons. The summed E-state index contributed by atoms with van der Waals surface area (Å²) in [5.41, 5.74) is 0.120. The summed E-state index contributed by atoms with van der Waals surface area (Å²) < 4.78 is 18.1. The van der Waals surface area contributed by atoms with Crippen LogP contribution in [-0.4, -0.2) is 54.1 Å². The zero-order valence-corrected chi connectivity index (χ0v) is 11.6. The van der Waals surface area contributed by atoms with Crippen molar-refractivity contribution in [3.05, 3.63) is 30.1 Å². The number of nitrogens with one attached hydrogen (secondary N) is 1. The first-order valence-corrected chi connectivity index (χ1v) is 6.82. The Morgan fingerprint density at radius 2 is 2.05 bits per heavy atom. The number of ether oxygens (including phenoxy) is 1. The lowest BCUT2D eigenvalue weighted by Gasteiger charge is -2.40. The molecule has 0 bridgehead atoms. The number of halogens is 1. The van der Waals surface area contributed by atoms with Crippen molar-refractivity contribution in [2.75, 3.05) is 31.6 Å². The van der Waals surface area contributed by atoms with E-state index in [9.17, 15) is 18.8 Å². The molecule has 2 aliphatic rings. The van der Waals surface area contributed by atoms with Gasteiger partial charge in [-0.15, -0.1) is 0 Å². The Morgan fingerprint density at radius 1 is 1.32 bits per heavy atom. The average molecular weight is 307 g/mol. The van der Waals surface area contributed by atoms with Crippen LogP contribution in [0.15, 0.2) is 24.3 Å². The third-order valence-corrected chi connectivity index (χ3v) is 3.64. The molecular formula is C14H14FN3O4. The summed E-state index contributed by atoms with van der Waals surface area (Å²) in [6, 6.07) is 5.50. The second-order valence-electron chi connectivity index (χ2n) is 5.24. The van der Waals surface area contributed by atoms with Crippen LogP contribution in [0.1, 0.15) is 0 Å². The second kappa shape index (κ2) is 5.63. The highest BCUT2D eigenvalue weighted by atomic mass is 19.1. The first-order chi connectivity index (χ1) is 10.5. The van der Waals surface area contributed by atoms with Crippen molar-refractivity contribution in [3.8, 4) is 0 Å². The Balaban J connectivity index is 1.49. The largest absolute Gasteiger partial charge is 0.439 e. The summed E-state index contributed by atoms with van der Waals surface area (Å²) in [6.07, 6.45) is -0.640. The molecule has 22 heavy (non-hydrogen) atoms. The maximum atomic E-state index is 13.4. The Labute approximate surface area is 125 Å². The number of amides is 4. The molecule has 0 spiro atoms. The quantitative estimate of drug-likeness (QED) is 0.912.